The Morgan fingerprint density at radius 2 is 2.00 bits per heavy atom. The molecule has 1 unspecified atom stereocenters. The fourth-order valence-corrected chi connectivity index (χ4v) is 3.58. The molecule has 112 valence electrons. The second-order valence-electron chi connectivity index (χ2n) is 5.39. The third kappa shape index (κ3) is 2.78. The van der Waals surface area contributed by atoms with E-state index in [1.165, 1.54) is 0 Å². The normalized spacial score (nSPS) is 21.4. The van der Waals surface area contributed by atoms with E-state index in [4.69, 9.17) is 4.52 Å². The molecule has 3 rings (SSSR count). The van der Waals surface area contributed by atoms with Gasteiger partial charge in [0.25, 0.3) is 0 Å². The van der Waals surface area contributed by atoms with E-state index in [2.05, 4.69) is 10.1 Å². The van der Waals surface area contributed by atoms with E-state index in [-0.39, 0.29) is 5.75 Å². The second kappa shape index (κ2) is 5.14. The zero-order chi connectivity index (χ0) is 15.0. The van der Waals surface area contributed by atoms with Gasteiger partial charge in [0.1, 0.15) is 0 Å². The fraction of sp³-hybridized carbons (Fsp3) is 0.429. The fourth-order valence-electron chi connectivity index (χ4n) is 2.29. The Morgan fingerprint density at radius 3 is 2.67 bits per heavy atom. The summed E-state index contributed by atoms with van der Waals surface area (Å²) in [6.07, 6.45) is 0. The first-order chi connectivity index (χ1) is 9.95. The second-order valence-corrected chi connectivity index (χ2v) is 7.93. The van der Waals surface area contributed by atoms with Crippen LogP contribution in [0, 0.1) is 6.92 Å². The van der Waals surface area contributed by atoms with Crippen LogP contribution in [0.25, 0.3) is 11.4 Å². The summed E-state index contributed by atoms with van der Waals surface area (Å²) in [7, 11) is -2.98. The number of aryl methyl sites for hydroxylation is 1. The lowest BCUT2D eigenvalue weighted by Gasteiger charge is -2.28. The van der Waals surface area contributed by atoms with Crippen LogP contribution in [-0.4, -0.2) is 42.7 Å². The molecule has 1 aromatic carbocycles. The minimum absolute atomic E-state index is 0.121. The largest absolute Gasteiger partial charge is 0.324 e. The van der Waals surface area contributed by atoms with E-state index < -0.39 is 15.1 Å². The quantitative estimate of drug-likeness (QED) is 0.840. The van der Waals surface area contributed by atoms with Crippen LogP contribution in [-0.2, 0) is 9.84 Å². The van der Waals surface area contributed by atoms with E-state index >= 15 is 0 Å². The van der Waals surface area contributed by atoms with Gasteiger partial charge in [-0.25, -0.2) is 8.42 Å². The summed E-state index contributed by atoms with van der Waals surface area (Å²) < 4.78 is 28.7. The van der Waals surface area contributed by atoms with Gasteiger partial charge < -0.3 is 9.42 Å². The molecule has 0 bridgehead atoms. The number of hydrogen-bond donors (Lipinski definition) is 0. The van der Waals surface area contributed by atoms with Gasteiger partial charge in [-0.2, -0.15) is 4.98 Å². The third-order valence-corrected chi connectivity index (χ3v) is 5.86. The molecule has 0 radical (unpaired) electrons. The molecule has 1 aliphatic rings. The summed E-state index contributed by atoms with van der Waals surface area (Å²) >= 11 is 0. The van der Waals surface area contributed by atoms with Gasteiger partial charge in [-0.15, -0.1) is 0 Å². The minimum Gasteiger partial charge on any atom is -0.322 e. The number of benzene rings is 1. The van der Waals surface area contributed by atoms with Crippen molar-refractivity contribution in [3.63, 3.8) is 0 Å². The van der Waals surface area contributed by atoms with Crippen molar-refractivity contribution in [2.75, 3.05) is 23.7 Å². The molecule has 7 heteroatoms. The molecular weight excluding hydrogens is 290 g/mol. The average molecular weight is 307 g/mol. The van der Waals surface area contributed by atoms with Gasteiger partial charge in [0.2, 0.25) is 5.82 Å². The molecule has 0 amide bonds. The van der Waals surface area contributed by atoms with Crippen LogP contribution in [0.3, 0.4) is 0 Å². The lowest BCUT2D eigenvalue weighted by Crippen LogP contribution is -2.45. The Morgan fingerprint density at radius 1 is 1.29 bits per heavy atom. The highest BCUT2D eigenvalue weighted by molar-refractivity contribution is 7.92. The highest BCUT2D eigenvalue weighted by Gasteiger charge is 2.31. The van der Waals surface area contributed by atoms with Gasteiger partial charge in [0.05, 0.1) is 11.0 Å². The smallest absolute Gasteiger partial charge is 0.322 e. The van der Waals surface area contributed by atoms with Crippen molar-refractivity contribution < 1.29 is 12.9 Å². The number of rotatable bonds is 2. The monoisotopic (exact) mass is 307 g/mol. The summed E-state index contributed by atoms with van der Waals surface area (Å²) in [5.41, 5.74) is 2.05. The SMILES string of the molecule is Cc1ccc(-c2noc(N3CCS(=O)(=O)C(C)C3)n2)cc1. The van der Waals surface area contributed by atoms with Crippen molar-refractivity contribution in [3.05, 3.63) is 29.8 Å². The number of nitrogens with zero attached hydrogens (tertiary/aromatic N) is 3. The predicted octanol–water partition coefficient (Wildman–Crippen LogP) is 1.67. The first kappa shape index (κ1) is 14.1. The molecule has 6 nitrogen and oxygen atoms in total. The Balaban J connectivity index is 1.81. The topological polar surface area (TPSA) is 76.3 Å². The average Bonchev–Trinajstić information content (AvgIpc) is 2.92. The maximum Gasteiger partial charge on any atom is 0.324 e. The zero-order valence-electron chi connectivity index (χ0n) is 12.0. The zero-order valence-corrected chi connectivity index (χ0v) is 12.8. The van der Waals surface area contributed by atoms with Crippen LogP contribution in [0.15, 0.2) is 28.8 Å². The highest BCUT2D eigenvalue weighted by atomic mass is 32.2. The van der Waals surface area contributed by atoms with Gasteiger partial charge in [0, 0.05) is 18.7 Å². The number of sulfone groups is 1. The van der Waals surface area contributed by atoms with Crippen molar-refractivity contribution in [2.24, 2.45) is 0 Å². The lowest BCUT2D eigenvalue weighted by atomic mass is 10.1. The number of hydrogen-bond acceptors (Lipinski definition) is 6. The molecule has 0 aliphatic carbocycles. The van der Waals surface area contributed by atoms with E-state index in [9.17, 15) is 8.42 Å². The van der Waals surface area contributed by atoms with E-state index in [0.29, 0.717) is 24.9 Å². The predicted molar refractivity (Wildman–Crippen MR) is 79.9 cm³/mol. The van der Waals surface area contributed by atoms with Gasteiger partial charge >= 0.3 is 6.01 Å². The molecule has 1 saturated heterocycles. The molecule has 1 aromatic heterocycles. The minimum atomic E-state index is -2.98. The van der Waals surface area contributed by atoms with Crippen molar-refractivity contribution in [1.29, 1.82) is 0 Å². The van der Waals surface area contributed by atoms with E-state index in [1.807, 2.05) is 36.1 Å². The van der Waals surface area contributed by atoms with Crippen LogP contribution in [0.1, 0.15) is 12.5 Å². The summed E-state index contributed by atoms with van der Waals surface area (Å²) in [5, 5.41) is 3.56. The standard InChI is InChI=1S/C14H17N3O3S/c1-10-3-5-12(6-4-10)13-15-14(20-16-13)17-7-8-21(18,19)11(2)9-17/h3-6,11H,7-9H2,1-2H3. The van der Waals surface area contributed by atoms with Crippen molar-refractivity contribution >= 4 is 15.9 Å². The Bertz CT molecular complexity index is 737. The number of anilines is 1. The van der Waals surface area contributed by atoms with Crippen molar-refractivity contribution in [1.82, 2.24) is 10.1 Å². The molecule has 2 heterocycles. The third-order valence-electron chi connectivity index (χ3n) is 3.73. The first-order valence-electron chi connectivity index (χ1n) is 6.83. The summed E-state index contributed by atoms with van der Waals surface area (Å²) in [6.45, 7) is 4.50. The summed E-state index contributed by atoms with van der Waals surface area (Å²) in [6, 6.07) is 8.23. The lowest BCUT2D eigenvalue weighted by molar-refractivity contribution is 0.412. The van der Waals surface area contributed by atoms with Gasteiger partial charge in [-0.1, -0.05) is 35.0 Å². The van der Waals surface area contributed by atoms with Gasteiger partial charge in [-0.05, 0) is 13.8 Å². The Kier molecular flexibility index (Phi) is 3.44. The van der Waals surface area contributed by atoms with Crippen molar-refractivity contribution in [2.45, 2.75) is 19.1 Å². The molecule has 0 spiro atoms. The number of aromatic nitrogens is 2. The summed E-state index contributed by atoms with van der Waals surface area (Å²) in [5.74, 6) is 0.641. The Hall–Kier alpha value is -1.89. The molecular formula is C14H17N3O3S. The van der Waals surface area contributed by atoms with Crippen LogP contribution in [0.4, 0.5) is 6.01 Å². The van der Waals surface area contributed by atoms with Crippen LogP contribution < -0.4 is 4.90 Å². The molecule has 21 heavy (non-hydrogen) atoms. The maximum absolute atomic E-state index is 11.7. The highest BCUT2D eigenvalue weighted by Crippen LogP contribution is 2.23. The first-order valence-corrected chi connectivity index (χ1v) is 8.54. The van der Waals surface area contributed by atoms with Crippen LogP contribution in [0.2, 0.25) is 0 Å². The van der Waals surface area contributed by atoms with E-state index in [1.54, 1.807) is 6.92 Å². The molecule has 1 atom stereocenters. The van der Waals surface area contributed by atoms with Crippen LogP contribution >= 0.6 is 0 Å². The molecule has 1 fully saturated rings. The van der Waals surface area contributed by atoms with Gasteiger partial charge in [-0.3, -0.25) is 0 Å². The molecule has 2 aromatic rings. The maximum atomic E-state index is 11.7. The van der Waals surface area contributed by atoms with Crippen molar-refractivity contribution in [3.8, 4) is 11.4 Å². The van der Waals surface area contributed by atoms with E-state index in [0.717, 1.165) is 11.1 Å². The Labute approximate surface area is 123 Å². The van der Waals surface area contributed by atoms with Gasteiger partial charge in [0.15, 0.2) is 9.84 Å². The summed E-state index contributed by atoms with van der Waals surface area (Å²) in [4.78, 5) is 6.20. The molecule has 0 saturated carbocycles. The molecule has 0 N–H and O–H groups in total. The van der Waals surface area contributed by atoms with Crippen LogP contribution in [0.5, 0.6) is 0 Å². The molecule has 1 aliphatic heterocycles.